The molecule has 0 radical (unpaired) electrons. The summed E-state index contributed by atoms with van der Waals surface area (Å²) < 4.78 is 28.2. The highest BCUT2D eigenvalue weighted by atomic mass is 79.9. The van der Waals surface area contributed by atoms with Crippen molar-refractivity contribution in [2.24, 2.45) is 5.73 Å². The highest BCUT2D eigenvalue weighted by molar-refractivity contribution is 9.10. The predicted molar refractivity (Wildman–Crippen MR) is 82.0 cm³/mol. The normalized spacial score (nSPS) is 18.0. The van der Waals surface area contributed by atoms with Crippen LogP contribution in [0.25, 0.3) is 0 Å². The Morgan fingerprint density at radius 2 is 1.95 bits per heavy atom. The van der Waals surface area contributed by atoms with Crippen LogP contribution in [0.3, 0.4) is 0 Å². The van der Waals surface area contributed by atoms with E-state index >= 15 is 0 Å². The maximum Gasteiger partial charge on any atom is 0.241 e. The second-order valence-electron chi connectivity index (χ2n) is 4.75. The highest BCUT2D eigenvalue weighted by Gasteiger charge is 2.36. The van der Waals surface area contributed by atoms with Crippen LogP contribution in [0.15, 0.2) is 33.6 Å². The van der Waals surface area contributed by atoms with Crippen molar-refractivity contribution >= 4 is 38.4 Å². The molecule has 0 amide bonds. The molecule has 1 fully saturated rings. The Bertz CT molecular complexity index is 530. The van der Waals surface area contributed by atoms with Gasteiger partial charge in [-0.15, -0.1) is 12.4 Å². The molecule has 7 heteroatoms. The van der Waals surface area contributed by atoms with Gasteiger partial charge < -0.3 is 5.73 Å². The molecule has 0 unspecified atom stereocenters. The molecule has 0 aromatic heterocycles. The summed E-state index contributed by atoms with van der Waals surface area (Å²) in [5.74, 6) is 0. The third kappa shape index (κ3) is 3.92. The molecule has 1 saturated carbocycles. The average Bonchev–Trinajstić information content (AvgIpc) is 2.77. The van der Waals surface area contributed by atoms with Crippen LogP contribution in [0.5, 0.6) is 0 Å². The van der Waals surface area contributed by atoms with E-state index < -0.39 is 15.6 Å². The first-order valence-electron chi connectivity index (χ1n) is 5.97. The number of hydrogen-bond donors (Lipinski definition) is 2. The van der Waals surface area contributed by atoms with E-state index in [2.05, 4.69) is 20.7 Å². The average molecular weight is 370 g/mol. The summed E-state index contributed by atoms with van der Waals surface area (Å²) in [7, 11) is -3.50. The minimum atomic E-state index is -3.50. The maximum atomic E-state index is 12.3. The molecule has 0 aliphatic heterocycles. The number of nitrogens with one attached hydrogen (secondary N) is 1. The van der Waals surface area contributed by atoms with Gasteiger partial charge in [-0.2, -0.15) is 0 Å². The van der Waals surface area contributed by atoms with Crippen molar-refractivity contribution in [3.05, 3.63) is 28.7 Å². The van der Waals surface area contributed by atoms with Crippen LogP contribution in [-0.4, -0.2) is 20.5 Å². The van der Waals surface area contributed by atoms with Gasteiger partial charge in [0.25, 0.3) is 0 Å². The van der Waals surface area contributed by atoms with Gasteiger partial charge in [-0.1, -0.05) is 34.8 Å². The lowest BCUT2D eigenvalue weighted by Gasteiger charge is -2.28. The Morgan fingerprint density at radius 1 is 1.32 bits per heavy atom. The molecule has 0 saturated heterocycles. The lowest BCUT2D eigenvalue weighted by molar-refractivity contribution is 0.399. The van der Waals surface area contributed by atoms with E-state index in [9.17, 15) is 8.42 Å². The molecule has 0 atom stereocenters. The van der Waals surface area contributed by atoms with Gasteiger partial charge in [-0.25, -0.2) is 13.1 Å². The third-order valence-electron chi connectivity index (χ3n) is 3.41. The van der Waals surface area contributed by atoms with Crippen LogP contribution in [0.1, 0.15) is 25.7 Å². The molecule has 1 aromatic carbocycles. The summed E-state index contributed by atoms with van der Waals surface area (Å²) in [5.41, 5.74) is 5.29. The summed E-state index contributed by atoms with van der Waals surface area (Å²) in [5, 5.41) is 0. The van der Waals surface area contributed by atoms with E-state index in [0.29, 0.717) is 6.54 Å². The van der Waals surface area contributed by atoms with Gasteiger partial charge >= 0.3 is 0 Å². The number of hydrogen-bond acceptors (Lipinski definition) is 3. The Balaban J connectivity index is 0.00000180. The Labute approximate surface area is 128 Å². The summed E-state index contributed by atoms with van der Waals surface area (Å²) >= 11 is 3.28. The molecule has 1 aliphatic rings. The van der Waals surface area contributed by atoms with E-state index in [4.69, 9.17) is 5.73 Å². The Morgan fingerprint density at radius 3 is 2.47 bits per heavy atom. The number of halogens is 2. The van der Waals surface area contributed by atoms with Gasteiger partial charge in [0.1, 0.15) is 0 Å². The van der Waals surface area contributed by atoms with Gasteiger partial charge in [0.05, 0.1) is 4.90 Å². The molecule has 0 heterocycles. The first-order chi connectivity index (χ1) is 8.47. The molecule has 1 aromatic rings. The van der Waals surface area contributed by atoms with Crippen LogP contribution in [0, 0.1) is 0 Å². The molecule has 19 heavy (non-hydrogen) atoms. The van der Waals surface area contributed by atoms with Crippen molar-refractivity contribution in [2.75, 3.05) is 6.54 Å². The maximum absolute atomic E-state index is 12.3. The van der Waals surface area contributed by atoms with Crippen LogP contribution in [0.2, 0.25) is 0 Å². The quantitative estimate of drug-likeness (QED) is 0.856. The van der Waals surface area contributed by atoms with Crippen LogP contribution >= 0.6 is 28.3 Å². The van der Waals surface area contributed by atoms with E-state index in [1.165, 1.54) is 0 Å². The minimum Gasteiger partial charge on any atom is -0.329 e. The van der Waals surface area contributed by atoms with Gasteiger partial charge in [0, 0.05) is 16.6 Å². The van der Waals surface area contributed by atoms with E-state index in [-0.39, 0.29) is 17.3 Å². The van der Waals surface area contributed by atoms with Crippen molar-refractivity contribution < 1.29 is 8.42 Å². The van der Waals surface area contributed by atoms with Crippen LogP contribution in [-0.2, 0) is 10.0 Å². The van der Waals surface area contributed by atoms with Crippen LogP contribution in [0.4, 0.5) is 0 Å². The highest BCUT2D eigenvalue weighted by Crippen LogP contribution is 2.30. The van der Waals surface area contributed by atoms with Crippen molar-refractivity contribution in [1.82, 2.24) is 4.72 Å². The zero-order chi connectivity index (χ0) is 13.2. The summed E-state index contributed by atoms with van der Waals surface area (Å²) in [4.78, 5) is 0.275. The van der Waals surface area contributed by atoms with Gasteiger partial charge in [-0.3, -0.25) is 0 Å². The van der Waals surface area contributed by atoms with Gasteiger partial charge in [0.15, 0.2) is 0 Å². The first-order valence-corrected chi connectivity index (χ1v) is 8.25. The second kappa shape index (κ2) is 6.54. The molecule has 3 N–H and O–H groups in total. The van der Waals surface area contributed by atoms with Crippen molar-refractivity contribution in [3.63, 3.8) is 0 Å². The standard InChI is InChI=1S/C12H17BrN2O2S.ClH/c13-10-4-3-5-11(8-10)18(16,17)15-12(9-14)6-1-2-7-12;/h3-5,8,15H,1-2,6-7,9,14H2;1H. The van der Waals surface area contributed by atoms with Crippen molar-refractivity contribution in [2.45, 2.75) is 36.1 Å². The fourth-order valence-corrected chi connectivity index (χ4v) is 4.44. The SMILES string of the molecule is Cl.NCC1(NS(=O)(=O)c2cccc(Br)c2)CCCC1. The van der Waals surface area contributed by atoms with E-state index in [1.807, 2.05) is 0 Å². The summed E-state index contributed by atoms with van der Waals surface area (Å²) in [6.07, 6.45) is 3.68. The smallest absolute Gasteiger partial charge is 0.241 e. The summed E-state index contributed by atoms with van der Waals surface area (Å²) in [6.45, 7) is 0.347. The predicted octanol–water partition coefficient (Wildman–Crippen LogP) is 2.42. The Kier molecular flexibility index (Phi) is 5.82. The Hall–Kier alpha value is -0.140. The monoisotopic (exact) mass is 368 g/mol. The minimum absolute atomic E-state index is 0. The van der Waals surface area contributed by atoms with Crippen molar-refractivity contribution in [1.29, 1.82) is 0 Å². The van der Waals surface area contributed by atoms with E-state index in [1.54, 1.807) is 24.3 Å². The lowest BCUT2D eigenvalue weighted by atomic mass is 10.0. The number of sulfonamides is 1. The van der Waals surface area contributed by atoms with Crippen molar-refractivity contribution in [3.8, 4) is 0 Å². The topological polar surface area (TPSA) is 72.2 Å². The molecular formula is C12H18BrClN2O2S. The molecule has 1 aliphatic carbocycles. The number of benzene rings is 1. The fraction of sp³-hybridized carbons (Fsp3) is 0.500. The van der Waals surface area contributed by atoms with Gasteiger partial charge in [0.2, 0.25) is 10.0 Å². The van der Waals surface area contributed by atoms with E-state index in [0.717, 1.165) is 30.2 Å². The fourth-order valence-electron chi connectivity index (χ4n) is 2.38. The molecule has 2 rings (SSSR count). The molecule has 4 nitrogen and oxygen atoms in total. The zero-order valence-corrected chi connectivity index (χ0v) is 13.7. The molecule has 108 valence electrons. The third-order valence-corrected chi connectivity index (χ3v) is 5.48. The molecule has 0 spiro atoms. The van der Waals surface area contributed by atoms with Gasteiger partial charge in [-0.05, 0) is 31.0 Å². The number of rotatable bonds is 4. The number of nitrogens with two attached hydrogens (primary N) is 1. The molecule has 0 bridgehead atoms. The summed E-state index contributed by atoms with van der Waals surface area (Å²) in [6, 6.07) is 6.70. The lowest BCUT2D eigenvalue weighted by Crippen LogP contribution is -2.51. The largest absolute Gasteiger partial charge is 0.329 e. The second-order valence-corrected chi connectivity index (χ2v) is 7.35. The zero-order valence-electron chi connectivity index (χ0n) is 10.4. The molecular weight excluding hydrogens is 352 g/mol. The van der Waals surface area contributed by atoms with Crippen LogP contribution < -0.4 is 10.5 Å². The first kappa shape index (κ1) is 16.9.